The summed E-state index contributed by atoms with van der Waals surface area (Å²) in [5.74, 6) is 0.293. The minimum atomic E-state index is -3.71. The van der Waals surface area contributed by atoms with Gasteiger partial charge in [0.15, 0.2) is 0 Å². The predicted octanol–water partition coefficient (Wildman–Crippen LogP) is 4.47. The molecule has 2 aromatic rings. The summed E-state index contributed by atoms with van der Waals surface area (Å²) in [6.45, 7) is 8.61. The molecule has 0 aliphatic carbocycles. The van der Waals surface area contributed by atoms with E-state index in [2.05, 4.69) is 5.32 Å². The maximum Gasteiger partial charge on any atom is 0.246 e. The molecule has 0 aromatic heterocycles. The fraction of sp³-hybridized carbons (Fsp3) is 0.458. The molecule has 0 saturated carbocycles. The molecule has 3 rings (SSSR count). The Balaban J connectivity index is 1.73. The molecule has 1 amide bonds. The van der Waals surface area contributed by atoms with E-state index in [4.69, 9.17) is 4.74 Å². The van der Waals surface area contributed by atoms with Crippen molar-refractivity contribution in [2.24, 2.45) is 5.92 Å². The SMILES string of the molecule is COc1ccc(C(C)C)cc1S(=O)(=O)N1CCC(C(=O)Nc2c(C)cccc2C)CC1. The van der Waals surface area contributed by atoms with Crippen LogP contribution in [0.15, 0.2) is 41.3 Å². The fourth-order valence-electron chi connectivity index (χ4n) is 3.99. The van der Waals surface area contributed by atoms with Crippen LogP contribution in [0.1, 0.15) is 49.3 Å². The van der Waals surface area contributed by atoms with Gasteiger partial charge in [0, 0.05) is 24.7 Å². The predicted molar refractivity (Wildman–Crippen MR) is 123 cm³/mol. The van der Waals surface area contributed by atoms with Gasteiger partial charge in [0.2, 0.25) is 15.9 Å². The molecule has 31 heavy (non-hydrogen) atoms. The van der Waals surface area contributed by atoms with Crippen molar-refractivity contribution in [3.63, 3.8) is 0 Å². The highest BCUT2D eigenvalue weighted by molar-refractivity contribution is 7.89. The van der Waals surface area contributed by atoms with Crippen LogP contribution in [-0.4, -0.2) is 38.8 Å². The first-order chi connectivity index (χ1) is 14.6. The summed E-state index contributed by atoms with van der Waals surface area (Å²) < 4.78 is 33.5. The highest BCUT2D eigenvalue weighted by atomic mass is 32.2. The van der Waals surface area contributed by atoms with Gasteiger partial charge in [-0.2, -0.15) is 4.31 Å². The Labute approximate surface area is 185 Å². The minimum absolute atomic E-state index is 0.0474. The highest BCUT2D eigenvalue weighted by Gasteiger charge is 2.34. The largest absolute Gasteiger partial charge is 0.495 e. The van der Waals surface area contributed by atoms with E-state index in [1.54, 1.807) is 12.1 Å². The van der Waals surface area contributed by atoms with Gasteiger partial charge in [-0.1, -0.05) is 38.1 Å². The number of methoxy groups -OCH3 is 1. The monoisotopic (exact) mass is 444 g/mol. The van der Waals surface area contributed by atoms with Crippen LogP contribution in [0.3, 0.4) is 0 Å². The van der Waals surface area contributed by atoms with Crippen LogP contribution < -0.4 is 10.1 Å². The van der Waals surface area contributed by atoms with E-state index in [0.717, 1.165) is 22.4 Å². The number of aryl methyl sites for hydroxylation is 2. The quantitative estimate of drug-likeness (QED) is 0.713. The second-order valence-corrected chi connectivity index (χ2v) is 10.4. The number of ether oxygens (including phenoxy) is 1. The minimum Gasteiger partial charge on any atom is -0.495 e. The Kier molecular flexibility index (Phi) is 7.06. The van der Waals surface area contributed by atoms with Gasteiger partial charge in [0.1, 0.15) is 10.6 Å². The van der Waals surface area contributed by atoms with E-state index in [0.29, 0.717) is 31.7 Å². The smallest absolute Gasteiger partial charge is 0.246 e. The zero-order chi connectivity index (χ0) is 22.8. The Hall–Kier alpha value is -2.38. The summed E-state index contributed by atoms with van der Waals surface area (Å²) in [6, 6.07) is 11.2. The van der Waals surface area contributed by atoms with Crippen LogP contribution >= 0.6 is 0 Å². The number of carbonyl (C=O) groups is 1. The molecule has 0 unspecified atom stereocenters. The van der Waals surface area contributed by atoms with Crippen molar-refractivity contribution in [2.75, 3.05) is 25.5 Å². The number of amides is 1. The maximum absolute atomic E-state index is 13.3. The van der Waals surface area contributed by atoms with Crippen molar-refractivity contribution in [2.45, 2.75) is 51.3 Å². The lowest BCUT2D eigenvalue weighted by Crippen LogP contribution is -2.41. The summed E-state index contributed by atoms with van der Waals surface area (Å²) in [6.07, 6.45) is 0.977. The van der Waals surface area contributed by atoms with Gasteiger partial charge in [-0.15, -0.1) is 0 Å². The molecule has 1 N–H and O–H groups in total. The van der Waals surface area contributed by atoms with Crippen molar-refractivity contribution < 1.29 is 17.9 Å². The van der Waals surface area contributed by atoms with Crippen LogP contribution in [0.4, 0.5) is 5.69 Å². The number of anilines is 1. The van der Waals surface area contributed by atoms with Gasteiger partial charge in [-0.25, -0.2) is 8.42 Å². The molecule has 7 heteroatoms. The molecular formula is C24H32N2O4S. The number of rotatable bonds is 6. The Morgan fingerprint density at radius 3 is 2.26 bits per heavy atom. The number of piperidine rings is 1. The van der Waals surface area contributed by atoms with E-state index in [9.17, 15) is 13.2 Å². The Morgan fingerprint density at radius 1 is 1.10 bits per heavy atom. The standard InChI is InChI=1S/C24H32N2O4S/c1-16(2)20-9-10-21(30-5)22(15-20)31(28,29)26-13-11-19(12-14-26)24(27)25-23-17(3)7-6-8-18(23)4/h6-10,15-16,19H,11-14H2,1-5H3,(H,25,27). The van der Waals surface area contributed by atoms with Crippen molar-refractivity contribution >= 4 is 21.6 Å². The number of nitrogens with one attached hydrogen (secondary N) is 1. The third-order valence-corrected chi connectivity index (χ3v) is 7.95. The lowest BCUT2D eigenvalue weighted by Gasteiger charge is -2.31. The third-order valence-electron chi connectivity index (χ3n) is 6.03. The lowest BCUT2D eigenvalue weighted by molar-refractivity contribution is -0.120. The van der Waals surface area contributed by atoms with Crippen molar-refractivity contribution in [3.8, 4) is 5.75 Å². The third kappa shape index (κ3) is 4.93. The number of hydrogen-bond acceptors (Lipinski definition) is 4. The number of carbonyl (C=O) groups excluding carboxylic acids is 1. The number of nitrogens with zero attached hydrogens (tertiary/aromatic N) is 1. The van der Waals surface area contributed by atoms with E-state index >= 15 is 0 Å². The summed E-state index contributed by atoms with van der Waals surface area (Å²) in [5, 5.41) is 3.04. The van der Waals surface area contributed by atoms with E-state index in [1.807, 2.05) is 52.0 Å². The lowest BCUT2D eigenvalue weighted by atomic mass is 9.96. The Bertz CT molecular complexity index is 1030. The molecular weight excluding hydrogens is 412 g/mol. The first-order valence-electron chi connectivity index (χ1n) is 10.7. The molecule has 1 fully saturated rings. The molecule has 0 radical (unpaired) electrons. The molecule has 6 nitrogen and oxygen atoms in total. The molecule has 168 valence electrons. The number of sulfonamides is 1. The number of para-hydroxylation sites is 1. The highest BCUT2D eigenvalue weighted by Crippen LogP contribution is 2.32. The summed E-state index contributed by atoms with van der Waals surface area (Å²) >= 11 is 0. The van der Waals surface area contributed by atoms with Crippen LogP contribution in [0.5, 0.6) is 5.75 Å². The zero-order valence-electron chi connectivity index (χ0n) is 18.9. The molecule has 0 spiro atoms. The van der Waals surface area contributed by atoms with Gasteiger partial charge in [0.05, 0.1) is 7.11 Å². The molecule has 1 aliphatic heterocycles. The molecule has 0 bridgehead atoms. The first-order valence-corrected chi connectivity index (χ1v) is 12.1. The second-order valence-electron chi connectivity index (χ2n) is 8.50. The maximum atomic E-state index is 13.3. The van der Waals surface area contributed by atoms with Gasteiger partial charge in [-0.3, -0.25) is 4.79 Å². The van der Waals surface area contributed by atoms with Gasteiger partial charge in [-0.05, 0) is 61.4 Å². The van der Waals surface area contributed by atoms with Crippen LogP contribution in [0, 0.1) is 19.8 Å². The van der Waals surface area contributed by atoms with E-state index in [1.165, 1.54) is 11.4 Å². The summed E-state index contributed by atoms with van der Waals surface area (Å²) in [4.78, 5) is 13.0. The van der Waals surface area contributed by atoms with Crippen molar-refractivity contribution in [3.05, 3.63) is 53.1 Å². The summed E-state index contributed by atoms with van der Waals surface area (Å²) in [5.41, 5.74) is 3.83. The van der Waals surface area contributed by atoms with E-state index < -0.39 is 10.0 Å². The molecule has 1 aliphatic rings. The normalized spacial score (nSPS) is 15.8. The Morgan fingerprint density at radius 2 is 1.71 bits per heavy atom. The molecule has 1 heterocycles. The number of benzene rings is 2. The van der Waals surface area contributed by atoms with Gasteiger partial charge >= 0.3 is 0 Å². The first kappa shape index (κ1) is 23.3. The molecule has 2 aromatic carbocycles. The van der Waals surface area contributed by atoms with Crippen molar-refractivity contribution in [1.82, 2.24) is 4.31 Å². The second kappa shape index (κ2) is 9.40. The van der Waals surface area contributed by atoms with Crippen LogP contribution in [0.25, 0.3) is 0 Å². The van der Waals surface area contributed by atoms with Crippen LogP contribution in [0.2, 0.25) is 0 Å². The fourth-order valence-corrected chi connectivity index (χ4v) is 5.65. The topological polar surface area (TPSA) is 75.7 Å². The van der Waals surface area contributed by atoms with Gasteiger partial charge in [0.25, 0.3) is 0 Å². The van der Waals surface area contributed by atoms with Crippen molar-refractivity contribution in [1.29, 1.82) is 0 Å². The number of hydrogen-bond donors (Lipinski definition) is 1. The van der Waals surface area contributed by atoms with Crippen LogP contribution in [-0.2, 0) is 14.8 Å². The zero-order valence-corrected chi connectivity index (χ0v) is 19.8. The average molecular weight is 445 g/mol. The van der Waals surface area contributed by atoms with Gasteiger partial charge < -0.3 is 10.1 Å². The molecule has 1 saturated heterocycles. The van der Waals surface area contributed by atoms with E-state index in [-0.39, 0.29) is 22.6 Å². The summed E-state index contributed by atoms with van der Waals surface area (Å²) in [7, 11) is -2.23. The molecule has 0 atom stereocenters. The average Bonchev–Trinajstić information content (AvgIpc) is 2.75.